The van der Waals surface area contributed by atoms with Crippen LogP contribution in [0.4, 0.5) is 0 Å². The van der Waals surface area contributed by atoms with Gasteiger partial charge in [-0.05, 0) is 27.2 Å². The van der Waals surface area contributed by atoms with E-state index >= 15 is 0 Å². The van der Waals surface area contributed by atoms with E-state index in [0.29, 0.717) is 0 Å². The first-order chi connectivity index (χ1) is 4.90. The van der Waals surface area contributed by atoms with E-state index in [0.717, 1.165) is 6.42 Å². The summed E-state index contributed by atoms with van der Waals surface area (Å²) in [6.45, 7) is 5.76. The molecule has 3 atom stereocenters. The van der Waals surface area contributed by atoms with Gasteiger partial charge in [0.25, 0.3) is 0 Å². The van der Waals surface area contributed by atoms with Crippen LogP contribution in [0.1, 0.15) is 27.2 Å². The molecular weight excluding hydrogens is 142 g/mol. The van der Waals surface area contributed by atoms with Gasteiger partial charge in [0.05, 0.1) is 5.60 Å². The molecule has 3 N–H and O–H groups in total. The summed E-state index contributed by atoms with van der Waals surface area (Å²) in [5.74, 6) is 0.161. The van der Waals surface area contributed by atoms with Gasteiger partial charge in [0, 0.05) is 12.0 Å². The van der Waals surface area contributed by atoms with Gasteiger partial charge in [0.2, 0.25) is 0 Å². The van der Waals surface area contributed by atoms with E-state index < -0.39 is 6.29 Å². The largest absolute Gasteiger partial charge is 0.368 e. The van der Waals surface area contributed by atoms with Crippen molar-refractivity contribution in [3.05, 3.63) is 0 Å². The molecule has 1 aliphatic rings. The van der Waals surface area contributed by atoms with Gasteiger partial charge in [0.1, 0.15) is 0 Å². The Kier molecular flexibility index (Phi) is 2.23. The molecule has 1 saturated carbocycles. The Bertz CT molecular complexity index is 142. The van der Waals surface area contributed by atoms with Crippen molar-refractivity contribution in [1.29, 1.82) is 0 Å². The molecule has 66 valence electrons. The van der Waals surface area contributed by atoms with E-state index in [1.54, 1.807) is 0 Å². The summed E-state index contributed by atoms with van der Waals surface area (Å²) in [5, 5.41) is 9.39. The molecule has 0 aromatic heterocycles. The lowest BCUT2D eigenvalue weighted by Gasteiger charge is -2.23. The topological polar surface area (TPSA) is 55.5 Å². The van der Waals surface area contributed by atoms with Crippen LogP contribution >= 0.6 is 0 Å². The van der Waals surface area contributed by atoms with Crippen LogP contribution in [0.5, 0.6) is 0 Å². The van der Waals surface area contributed by atoms with E-state index in [9.17, 15) is 5.11 Å². The average Bonchev–Trinajstić information content (AvgIpc) is 2.41. The SMILES string of the molecule is CC(C)(C)OC(O)[C@H]1C[C@H]1N. The minimum Gasteiger partial charge on any atom is -0.368 e. The van der Waals surface area contributed by atoms with Gasteiger partial charge in [-0.3, -0.25) is 0 Å². The third-order valence-electron chi connectivity index (χ3n) is 1.73. The summed E-state index contributed by atoms with van der Waals surface area (Å²) in [5.41, 5.74) is 5.27. The third kappa shape index (κ3) is 2.77. The van der Waals surface area contributed by atoms with Crippen molar-refractivity contribution >= 4 is 0 Å². The van der Waals surface area contributed by atoms with Crippen molar-refractivity contribution in [1.82, 2.24) is 0 Å². The molecule has 11 heavy (non-hydrogen) atoms. The third-order valence-corrected chi connectivity index (χ3v) is 1.73. The van der Waals surface area contributed by atoms with Crippen molar-refractivity contribution in [3.63, 3.8) is 0 Å². The van der Waals surface area contributed by atoms with E-state index in [4.69, 9.17) is 10.5 Å². The van der Waals surface area contributed by atoms with Crippen LogP contribution in [0.3, 0.4) is 0 Å². The molecule has 1 rings (SSSR count). The van der Waals surface area contributed by atoms with E-state index in [1.165, 1.54) is 0 Å². The zero-order valence-corrected chi connectivity index (χ0v) is 7.37. The fourth-order valence-electron chi connectivity index (χ4n) is 1.01. The summed E-state index contributed by atoms with van der Waals surface area (Å²) in [6, 6.07) is 0.146. The summed E-state index contributed by atoms with van der Waals surface area (Å²) in [6.07, 6.45) is 0.210. The second kappa shape index (κ2) is 2.73. The highest BCUT2D eigenvalue weighted by atomic mass is 16.6. The maximum Gasteiger partial charge on any atom is 0.159 e. The summed E-state index contributed by atoms with van der Waals surface area (Å²) in [4.78, 5) is 0. The number of ether oxygens (including phenoxy) is 1. The fourth-order valence-corrected chi connectivity index (χ4v) is 1.01. The van der Waals surface area contributed by atoms with Crippen LogP contribution in [-0.2, 0) is 4.74 Å². The van der Waals surface area contributed by atoms with E-state index in [2.05, 4.69) is 0 Å². The number of rotatable bonds is 2. The second-order valence-corrected chi connectivity index (χ2v) is 4.18. The Labute approximate surface area is 67.5 Å². The van der Waals surface area contributed by atoms with Crippen LogP contribution in [0.2, 0.25) is 0 Å². The van der Waals surface area contributed by atoms with Crippen molar-refractivity contribution in [2.24, 2.45) is 11.7 Å². The highest BCUT2D eigenvalue weighted by Crippen LogP contribution is 2.33. The van der Waals surface area contributed by atoms with Crippen LogP contribution in [0.15, 0.2) is 0 Å². The van der Waals surface area contributed by atoms with Crippen molar-refractivity contribution in [3.8, 4) is 0 Å². The van der Waals surface area contributed by atoms with Gasteiger partial charge >= 0.3 is 0 Å². The highest BCUT2D eigenvalue weighted by molar-refractivity contribution is 4.92. The molecule has 3 nitrogen and oxygen atoms in total. The number of hydrogen-bond donors (Lipinski definition) is 2. The summed E-state index contributed by atoms with van der Waals surface area (Å²) >= 11 is 0. The van der Waals surface area contributed by atoms with E-state index in [-0.39, 0.29) is 17.6 Å². The molecule has 0 spiro atoms. The van der Waals surface area contributed by atoms with Gasteiger partial charge in [-0.15, -0.1) is 0 Å². The lowest BCUT2D eigenvalue weighted by Crippen LogP contribution is -2.30. The summed E-state index contributed by atoms with van der Waals surface area (Å²) in [7, 11) is 0. The van der Waals surface area contributed by atoms with Crippen molar-refractivity contribution in [2.45, 2.75) is 45.1 Å². The van der Waals surface area contributed by atoms with E-state index in [1.807, 2.05) is 20.8 Å². The van der Waals surface area contributed by atoms with Crippen LogP contribution in [0, 0.1) is 5.92 Å². The molecule has 0 radical (unpaired) electrons. The molecule has 0 saturated heterocycles. The van der Waals surface area contributed by atoms with Gasteiger partial charge in [0.15, 0.2) is 6.29 Å². The number of hydrogen-bond acceptors (Lipinski definition) is 3. The first-order valence-corrected chi connectivity index (χ1v) is 4.01. The Morgan fingerprint density at radius 3 is 2.27 bits per heavy atom. The smallest absolute Gasteiger partial charge is 0.159 e. The quantitative estimate of drug-likeness (QED) is 0.576. The second-order valence-electron chi connectivity index (χ2n) is 4.18. The molecule has 0 aliphatic heterocycles. The minimum atomic E-state index is -0.676. The van der Waals surface area contributed by atoms with Crippen LogP contribution in [0.25, 0.3) is 0 Å². The number of aliphatic hydroxyl groups excluding tert-OH is 1. The van der Waals surface area contributed by atoms with Gasteiger partial charge in [-0.25, -0.2) is 0 Å². The monoisotopic (exact) mass is 159 g/mol. The van der Waals surface area contributed by atoms with Gasteiger partial charge in [-0.1, -0.05) is 0 Å². The van der Waals surface area contributed by atoms with Crippen LogP contribution < -0.4 is 5.73 Å². The summed E-state index contributed by atoms with van der Waals surface area (Å²) < 4.78 is 5.31. The molecule has 3 heteroatoms. The van der Waals surface area contributed by atoms with Crippen molar-refractivity contribution < 1.29 is 9.84 Å². The molecule has 0 bridgehead atoms. The first-order valence-electron chi connectivity index (χ1n) is 4.01. The fraction of sp³-hybridized carbons (Fsp3) is 1.00. The number of aliphatic hydroxyl groups is 1. The Morgan fingerprint density at radius 1 is 1.55 bits per heavy atom. The lowest BCUT2D eigenvalue weighted by atomic mass is 10.2. The normalized spacial score (nSPS) is 33.5. The molecule has 0 amide bonds. The maximum atomic E-state index is 9.39. The van der Waals surface area contributed by atoms with Crippen LogP contribution in [-0.4, -0.2) is 23.0 Å². The van der Waals surface area contributed by atoms with Gasteiger partial charge in [-0.2, -0.15) is 0 Å². The molecule has 1 fully saturated rings. The predicted octanol–water partition coefficient (Wildman–Crippen LogP) is 0.467. The maximum absolute atomic E-state index is 9.39. The first kappa shape index (κ1) is 8.97. The standard InChI is InChI=1S/C8H17NO2/c1-8(2,3)11-7(10)5-4-6(5)9/h5-7,10H,4,9H2,1-3H3/t5-,6+,7?/m0/s1. The Morgan fingerprint density at radius 2 is 2.00 bits per heavy atom. The molecule has 0 aromatic carbocycles. The zero-order chi connectivity index (χ0) is 8.65. The zero-order valence-electron chi connectivity index (χ0n) is 7.37. The average molecular weight is 159 g/mol. The number of nitrogens with two attached hydrogens (primary N) is 1. The van der Waals surface area contributed by atoms with Crippen molar-refractivity contribution in [2.75, 3.05) is 0 Å². The predicted molar refractivity (Wildman–Crippen MR) is 42.9 cm³/mol. The van der Waals surface area contributed by atoms with Gasteiger partial charge < -0.3 is 15.6 Å². The highest BCUT2D eigenvalue weighted by Gasteiger charge is 2.41. The minimum absolute atomic E-state index is 0.146. The Balaban J connectivity index is 2.27. The lowest BCUT2D eigenvalue weighted by molar-refractivity contribution is -0.176. The molecule has 1 aliphatic carbocycles. The molecule has 0 heterocycles. The Hall–Kier alpha value is -0.120. The molecule has 1 unspecified atom stereocenters. The molecular formula is C8H17NO2. The molecule has 0 aromatic rings.